The Morgan fingerprint density at radius 2 is 1.29 bits per heavy atom. The maximum atomic E-state index is 15.5. The van der Waals surface area contributed by atoms with Crippen LogP contribution in [0.15, 0.2) is 140 Å². The van der Waals surface area contributed by atoms with Gasteiger partial charge >= 0.3 is 285 Å². The molecule has 1 saturated heterocycles. The Hall–Kier alpha value is -5.66. The van der Waals surface area contributed by atoms with Gasteiger partial charge in [0, 0.05) is 0 Å². The number of carbonyl (C=O) groups excluding carboxylic acids is 3. The third kappa shape index (κ3) is 5.87. The topological polar surface area (TPSA) is 116 Å². The molecule has 0 N–H and O–H groups in total. The predicted octanol–water partition coefficient (Wildman–Crippen LogP) is 6.60. The zero-order valence-electron chi connectivity index (χ0n) is 26.9. The third-order valence-corrected chi connectivity index (χ3v) is 15.5. The van der Waals surface area contributed by atoms with Gasteiger partial charge in [0.2, 0.25) is 0 Å². The number of carbonyl (C=O) groups is 3. The summed E-state index contributed by atoms with van der Waals surface area (Å²) in [6.07, 6.45) is 0.158. The number of nitro groups is 1. The van der Waals surface area contributed by atoms with Crippen molar-refractivity contribution in [2.75, 3.05) is 13.4 Å². The second kappa shape index (κ2) is 13.8. The van der Waals surface area contributed by atoms with Crippen molar-refractivity contribution in [2.24, 2.45) is 0 Å². The van der Waals surface area contributed by atoms with Crippen LogP contribution < -0.4 is 20.7 Å². The van der Waals surface area contributed by atoms with Gasteiger partial charge in [-0.25, -0.2) is 0 Å². The summed E-state index contributed by atoms with van der Waals surface area (Å²) in [5, 5.41) is 13.9. The van der Waals surface area contributed by atoms with Gasteiger partial charge in [-0.1, -0.05) is 0 Å². The average molecular weight is 675 g/mol. The molecule has 10 heteroatoms. The van der Waals surface area contributed by atoms with Crippen LogP contribution in [-0.4, -0.2) is 46.7 Å². The number of likely N-dealkylation sites (tertiary alicyclic amines) is 1. The van der Waals surface area contributed by atoms with E-state index in [0.29, 0.717) is 27.2 Å². The molecule has 0 aromatic heterocycles. The normalized spacial score (nSPS) is 15.0. The van der Waals surface area contributed by atoms with Gasteiger partial charge in [0.15, 0.2) is 0 Å². The Morgan fingerprint density at radius 3 is 1.78 bits per heavy atom. The van der Waals surface area contributed by atoms with Crippen molar-refractivity contribution in [2.45, 2.75) is 25.5 Å². The summed E-state index contributed by atoms with van der Waals surface area (Å²) in [7, 11) is 1.55. The number of ketones is 1. The monoisotopic (exact) mass is 674 g/mol. The molecule has 0 aliphatic carbocycles. The number of benzene rings is 5. The molecule has 0 bridgehead atoms. The van der Waals surface area contributed by atoms with Crippen LogP contribution >= 0.6 is 6.60 Å². The number of β-lactam (4-membered cyclic amide) rings is 1. The van der Waals surface area contributed by atoms with Crippen molar-refractivity contribution in [3.05, 3.63) is 161 Å². The maximum absolute atomic E-state index is 15.5. The molecule has 1 aliphatic heterocycles. The van der Waals surface area contributed by atoms with Crippen molar-refractivity contribution < 1.29 is 28.8 Å². The number of amides is 1. The van der Waals surface area contributed by atoms with Crippen LogP contribution in [0.25, 0.3) is 0 Å². The van der Waals surface area contributed by atoms with Crippen LogP contribution in [-0.2, 0) is 16.1 Å². The van der Waals surface area contributed by atoms with Gasteiger partial charge in [0.25, 0.3) is 0 Å². The molecule has 5 aromatic rings. The van der Waals surface area contributed by atoms with Gasteiger partial charge in [-0.05, 0) is 0 Å². The standard InChI is InChI=1S/C39H35N2O7P/c1-47-32-23-21-29(22-24-32)37(42)25-31-26-38(43)40(31)28-49(33-14-5-2-6-15-33,34-16-7-3-8-17-34,35-18-9-4-10-19-35)39(44)48-27-30-13-11-12-20-36(30)41(45)46/h2-24,31H,25-28H2,1H3. The second-order valence-corrected chi connectivity index (χ2v) is 16.8. The molecule has 1 atom stereocenters. The third-order valence-electron chi connectivity index (χ3n) is 9.36. The molecular weight excluding hydrogens is 639 g/mol. The van der Waals surface area contributed by atoms with Crippen molar-refractivity contribution in [3.8, 4) is 5.75 Å². The number of hydrogen-bond donors (Lipinski definition) is 0. The molecule has 1 aliphatic rings. The van der Waals surface area contributed by atoms with Gasteiger partial charge in [-0.2, -0.15) is 0 Å². The van der Waals surface area contributed by atoms with Gasteiger partial charge in [0.05, 0.1) is 0 Å². The van der Waals surface area contributed by atoms with Crippen LogP contribution in [0.1, 0.15) is 28.8 Å². The van der Waals surface area contributed by atoms with Crippen molar-refractivity contribution in [1.29, 1.82) is 0 Å². The van der Waals surface area contributed by atoms with Crippen LogP contribution in [0, 0.1) is 10.1 Å². The van der Waals surface area contributed by atoms with Crippen LogP contribution in [0.3, 0.4) is 0 Å². The molecule has 1 amide bonds. The number of hydrogen-bond acceptors (Lipinski definition) is 7. The number of nitrogens with zero attached hydrogens (tertiary/aromatic N) is 2. The molecule has 1 fully saturated rings. The van der Waals surface area contributed by atoms with Crippen LogP contribution in [0.4, 0.5) is 10.5 Å². The van der Waals surface area contributed by atoms with Crippen molar-refractivity contribution in [1.82, 2.24) is 4.90 Å². The molecule has 6 rings (SSSR count). The SMILES string of the molecule is COc1ccc(C(=O)CC2CC(=O)N2CP(C(=O)OCc2ccccc2[N+](=O)[O-])(c2ccccc2)(c2ccccc2)c2ccccc2)cc1. The van der Waals surface area contributed by atoms with E-state index in [-0.39, 0.29) is 48.7 Å². The second-order valence-electron chi connectivity index (χ2n) is 12.0. The number of nitro benzene ring substituents is 1. The van der Waals surface area contributed by atoms with E-state index in [1.54, 1.807) is 54.5 Å². The number of methoxy groups -OCH3 is 1. The van der Waals surface area contributed by atoms with Crippen LogP contribution in [0.5, 0.6) is 5.75 Å². The van der Waals surface area contributed by atoms with Crippen molar-refractivity contribution >= 4 is 45.6 Å². The Kier molecular flexibility index (Phi) is 9.38. The van der Waals surface area contributed by atoms with E-state index < -0.39 is 23.3 Å². The molecule has 0 radical (unpaired) electrons. The zero-order valence-corrected chi connectivity index (χ0v) is 27.8. The van der Waals surface area contributed by atoms with Gasteiger partial charge in [0.1, 0.15) is 0 Å². The van der Waals surface area contributed by atoms with Crippen LogP contribution in [0.2, 0.25) is 0 Å². The summed E-state index contributed by atoms with van der Waals surface area (Å²) in [6.45, 7) is -4.88. The van der Waals surface area contributed by atoms with Gasteiger partial charge < -0.3 is 0 Å². The van der Waals surface area contributed by atoms with E-state index in [1.807, 2.05) is 91.0 Å². The molecule has 9 nitrogen and oxygen atoms in total. The summed E-state index contributed by atoms with van der Waals surface area (Å²) in [4.78, 5) is 55.7. The molecule has 0 spiro atoms. The first-order valence-corrected chi connectivity index (χ1v) is 18.2. The minimum absolute atomic E-state index is 0.0568. The fraction of sp³-hybridized carbons (Fsp3) is 0.154. The van der Waals surface area contributed by atoms with E-state index in [2.05, 4.69) is 0 Å². The summed E-state index contributed by atoms with van der Waals surface area (Å²) in [5.74, 6) is 0.307. The Labute approximate surface area is 284 Å². The van der Waals surface area contributed by atoms with Gasteiger partial charge in [-0.15, -0.1) is 0 Å². The minimum atomic E-state index is -4.53. The number of rotatable bonds is 13. The summed E-state index contributed by atoms with van der Waals surface area (Å²) in [5.41, 5.74) is -0.0114. The Morgan fingerprint density at radius 1 is 0.776 bits per heavy atom. The average Bonchev–Trinajstić information content (AvgIpc) is 3.15. The Balaban J connectivity index is 1.52. The molecule has 49 heavy (non-hydrogen) atoms. The fourth-order valence-corrected chi connectivity index (χ4v) is 12.7. The molecule has 5 aromatic carbocycles. The van der Waals surface area contributed by atoms with E-state index in [0.717, 1.165) is 0 Å². The summed E-state index contributed by atoms with van der Waals surface area (Å²) < 4.78 is 11.5. The van der Waals surface area contributed by atoms with E-state index in [4.69, 9.17) is 9.47 Å². The van der Waals surface area contributed by atoms with Gasteiger partial charge in [-0.3, -0.25) is 0 Å². The van der Waals surface area contributed by atoms with Crippen molar-refractivity contribution in [3.63, 3.8) is 0 Å². The Bertz CT molecular complexity index is 1890. The first kappa shape index (κ1) is 33.2. The van der Waals surface area contributed by atoms with E-state index >= 15 is 4.79 Å². The first-order valence-electron chi connectivity index (χ1n) is 15.8. The number of para-hydroxylation sites is 1. The quantitative estimate of drug-likeness (QED) is 0.0454. The molecule has 1 heterocycles. The molecule has 0 saturated carbocycles. The summed E-state index contributed by atoms with van der Waals surface area (Å²) in [6, 6.07) is 40.5. The molecule has 248 valence electrons. The fourth-order valence-electron chi connectivity index (χ4n) is 6.74. The molecular formula is C39H35N2O7P. The molecule has 1 unspecified atom stereocenters. The van der Waals surface area contributed by atoms with E-state index in [1.165, 1.54) is 6.07 Å². The zero-order chi connectivity index (χ0) is 34.5. The number of Topliss-reactive ketones (excluding diaryl/α,β-unsaturated/α-hetero) is 1. The summed E-state index contributed by atoms with van der Waals surface area (Å²) >= 11 is 0. The first-order chi connectivity index (χ1) is 23.8. The number of ether oxygens (including phenoxy) is 2. The van der Waals surface area contributed by atoms with E-state index in [9.17, 15) is 19.7 Å². The predicted molar refractivity (Wildman–Crippen MR) is 190 cm³/mol.